The first-order chi connectivity index (χ1) is 14.0. The second-order valence-electron chi connectivity index (χ2n) is 7.64. The van der Waals surface area contributed by atoms with E-state index in [9.17, 15) is 0 Å². The molecule has 0 saturated carbocycles. The molecule has 1 aromatic carbocycles. The summed E-state index contributed by atoms with van der Waals surface area (Å²) >= 11 is 0. The van der Waals surface area contributed by atoms with Crippen molar-refractivity contribution in [2.75, 3.05) is 47.0 Å². The van der Waals surface area contributed by atoms with E-state index in [2.05, 4.69) is 39.5 Å². The molecule has 2 aromatic rings. The Labute approximate surface area is 196 Å². The number of ether oxygens (including phenoxy) is 2. The third-order valence-corrected chi connectivity index (χ3v) is 5.20. The van der Waals surface area contributed by atoms with Crippen LogP contribution in [0.1, 0.15) is 19.5 Å². The zero-order valence-corrected chi connectivity index (χ0v) is 20.6. The maximum atomic E-state index is 5.46. The molecule has 0 spiro atoms. The van der Waals surface area contributed by atoms with Crippen LogP contribution >= 0.6 is 24.0 Å². The Bertz CT molecular complexity index is 800. The van der Waals surface area contributed by atoms with Gasteiger partial charge in [-0.1, -0.05) is 0 Å². The van der Waals surface area contributed by atoms with Gasteiger partial charge in [0.1, 0.15) is 5.75 Å². The minimum atomic E-state index is 0. The van der Waals surface area contributed by atoms with Crippen molar-refractivity contribution in [1.82, 2.24) is 25.3 Å². The highest BCUT2D eigenvalue weighted by atomic mass is 127. The van der Waals surface area contributed by atoms with Crippen molar-refractivity contribution in [2.45, 2.75) is 25.9 Å². The monoisotopic (exact) mass is 528 g/mol. The molecule has 1 aliphatic heterocycles. The van der Waals surface area contributed by atoms with E-state index < -0.39 is 0 Å². The first kappa shape index (κ1) is 24.4. The molecule has 1 aromatic heterocycles. The summed E-state index contributed by atoms with van der Waals surface area (Å²) in [5, 5.41) is 11.4. The second-order valence-corrected chi connectivity index (χ2v) is 7.64. The van der Waals surface area contributed by atoms with E-state index in [1.165, 1.54) is 0 Å². The molecule has 2 N–H and O–H groups in total. The highest BCUT2D eigenvalue weighted by Gasteiger charge is 2.28. The molecule has 166 valence electrons. The van der Waals surface area contributed by atoms with Crippen LogP contribution in [0, 0.1) is 0 Å². The summed E-state index contributed by atoms with van der Waals surface area (Å²) in [6, 6.07) is 9.82. The van der Waals surface area contributed by atoms with Gasteiger partial charge in [-0.3, -0.25) is 9.89 Å². The minimum Gasteiger partial charge on any atom is -0.497 e. The molecule has 1 fully saturated rings. The Morgan fingerprint density at radius 1 is 1.17 bits per heavy atom. The number of methoxy groups -OCH3 is 1. The van der Waals surface area contributed by atoms with E-state index in [-0.39, 0.29) is 29.5 Å². The molecular formula is C21H33IN6O2. The van der Waals surface area contributed by atoms with Gasteiger partial charge in [0.25, 0.3) is 0 Å². The van der Waals surface area contributed by atoms with Crippen molar-refractivity contribution in [3.8, 4) is 11.4 Å². The molecule has 0 atom stereocenters. The fourth-order valence-corrected chi connectivity index (χ4v) is 3.31. The van der Waals surface area contributed by atoms with Crippen molar-refractivity contribution in [3.63, 3.8) is 0 Å². The van der Waals surface area contributed by atoms with Crippen LogP contribution in [0.5, 0.6) is 5.75 Å². The van der Waals surface area contributed by atoms with Crippen molar-refractivity contribution in [2.24, 2.45) is 4.99 Å². The minimum absolute atomic E-state index is 0. The van der Waals surface area contributed by atoms with Gasteiger partial charge in [0, 0.05) is 38.4 Å². The molecule has 2 heterocycles. The van der Waals surface area contributed by atoms with E-state index in [1.54, 1.807) is 14.2 Å². The van der Waals surface area contributed by atoms with E-state index >= 15 is 0 Å². The SMILES string of the molecule is CN=C(NCc1ccn(-c2ccc(OC)cc2)n1)NCC(C)(C)N1CCOCC1.I. The van der Waals surface area contributed by atoms with Crippen molar-refractivity contribution in [3.05, 3.63) is 42.2 Å². The van der Waals surface area contributed by atoms with Gasteiger partial charge < -0.3 is 20.1 Å². The first-order valence-electron chi connectivity index (χ1n) is 9.98. The normalized spacial score (nSPS) is 15.4. The van der Waals surface area contributed by atoms with Crippen molar-refractivity contribution in [1.29, 1.82) is 0 Å². The lowest BCUT2D eigenvalue weighted by molar-refractivity contribution is -0.00834. The standard InChI is InChI=1S/C21H32N6O2.HI/c1-21(2,26-11-13-29-14-12-26)16-24-20(22-3)23-15-17-9-10-27(25-17)18-5-7-19(28-4)8-6-18;/h5-10H,11-16H2,1-4H3,(H2,22,23,24);1H. The largest absolute Gasteiger partial charge is 0.497 e. The summed E-state index contributed by atoms with van der Waals surface area (Å²) in [4.78, 5) is 6.79. The zero-order chi connectivity index (χ0) is 20.7. The van der Waals surface area contributed by atoms with Gasteiger partial charge in [-0.05, 0) is 44.2 Å². The van der Waals surface area contributed by atoms with Crippen LogP contribution in [-0.4, -0.2) is 73.2 Å². The third-order valence-electron chi connectivity index (χ3n) is 5.20. The molecule has 0 amide bonds. The summed E-state index contributed by atoms with van der Waals surface area (Å²) < 4.78 is 12.5. The van der Waals surface area contributed by atoms with Crippen LogP contribution in [0.3, 0.4) is 0 Å². The predicted octanol–water partition coefficient (Wildman–Crippen LogP) is 2.27. The number of rotatable bonds is 7. The van der Waals surface area contributed by atoms with Crippen LogP contribution in [0.15, 0.2) is 41.5 Å². The molecule has 1 saturated heterocycles. The highest BCUT2D eigenvalue weighted by Crippen LogP contribution is 2.16. The maximum absolute atomic E-state index is 5.46. The topological polar surface area (TPSA) is 75.9 Å². The third kappa shape index (κ3) is 6.58. The number of hydrogen-bond donors (Lipinski definition) is 2. The van der Waals surface area contributed by atoms with Crippen LogP contribution < -0.4 is 15.4 Å². The molecule has 30 heavy (non-hydrogen) atoms. The Hall–Kier alpha value is -1.85. The molecule has 0 radical (unpaired) electrons. The zero-order valence-electron chi connectivity index (χ0n) is 18.2. The number of nitrogens with zero attached hydrogens (tertiary/aromatic N) is 4. The van der Waals surface area contributed by atoms with Crippen LogP contribution in [0.2, 0.25) is 0 Å². The van der Waals surface area contributed by atoms with Gasteiger partial charge in [-0.2, -0.15) is 5.10 Å². The Morgan fingerprint density at radius 3 is 2.50 bits per heavy atom. The average Bonchev–Trinajstić information content (AvgIpc) is 3.23. The Kier molecular flexibility index (Phi) is 9.37. The molecule has 8 nitrogen and oxygen atoms in total. The molecule has 0 bridgehead atoms. The molecular weight excluding hydrogens is 495 g/mol. The van der Waals surface area contributed by atoms with E-state index in [0.29, 0.717) is 6.54 Å². The molecule has 0 unspecified atom stereocenters. The summed E-state index contributed by atoms with van der Waals surface area (Å²) in [6.45, 7) is 9.41. The average molecular weight is 528 g/mol. The maximum Gasteiger partial charge on any atom is 0.191 e. The number of benzene rings is 1. The van der Waals surface area contributed by atoms with Gasteiger partial charge in [0.05, 0.1) is 38.2 Å². The molecule has 0 aliphatic carbocycles. The van der Waals surface area contributed by atoms with Gasteiger partial charge in [0.2, 0.25) is 0 Å². The summed E-state index contributed by atoms with van der Waals surface area (Å²) in [7, 11) is 3.45. The highest BCUT2D eigenvalue weighted by molar-refractivity contribution is 14.0. The summed E-state index contributed by atoms with van der Waals surface area (Å²) in [5.41, 5.74) is 1.96. The second kappa shape index (κ2) is 11.5. The fourth-order valence-electron chi connectivity index (χ4n) is 3.31. The molecule has 9 heteroatoms. The number of nitrogens with one attached hydrogen (secondary N) is 2. The van der Waals surface area contributed by atoms with E-state index in [0.717, 1.165) is 55.9 Å². The Morgan fingerprint density at radius 2 is 1.87 bits per heavy atom. The number of aliphatic imine (C=N–C) groups is 1. The van der Waals surface area contributed by atoms with Crippen LogP contribution in [-0.2, 0) is 11.3 Å². The lowest BCUT2D eigenvalue weighted by Crippen LogP contribution is -2.56. The first-order valence-corrected chi connectivity index (χ1v) is 9.98. The number of aromatic nitrogens is 2. The number of morpholine rings is 1. The summed E-state index contributed by atoms with van der Waals surface area (Å²) in [6.07, 6.45) is 1.95. The van der Waals surface area contributed by atoms with Crippen LogP contribution in [0.25, 0.3) is 5.69 Å². The number of guanidine groups is 1. The van der Waals surface area contributed by atoms with Gasteiger partial charge in [-0.25, -0.2) is 4.68 Å². The smallest absolute Gasteiger partial charge is 0.191 e. The quantitative estimate of drug-likeness (QED) is 0.327. The van der Waals surface area contributed by atoms with Gasteiger partial charge >= 0.3 is 0 Å². The van der Waals surface area contributed by atoms with Gasteiger partial charge in [0.15, 0.2) is 5.96 Å². The van der Waals surface area contributed by atoms with Crippen LogP contribution in [0.4, 0.5) is 0 Å². The Balaban J connectivity index is 0.00000320. The fraction of sp³-hybridized carbons (Fsp3) is 0.524. The van der Waals surface area contributed by atoms with Crippen molar-refractivity contribution < 1.29 is 9.47 Å². The molecule has 1 aliphatic rings. The lowest BCUT2D eigenvalue weighted by atomic mass is 10.0. The predicted molar refractivity (Wildman–Crippen MR) is 130 cm³/mol. The van der Waals surface area contributed by atoms with Gasteiger partial charge in [-0.15, -0.1) is 24.0 Å². The lowest BCUT2D eigenvalue weighted by Gasteiger charge is -2.41. The number of hydrogen-bond acceptors (Lipinski definition) is 5. The van der Waals surface area contributed by atoms with E-state index in [1.807, 2.05) is 41.2 Å². The van der Waals surface area contributed by atoms with Crippen molar-refractivity contribution >= 4 is 29.9 Å². The molecule has 3 rings (SSSR count). The summed E-state index contributed by atoms with van der Waals surface area (Å²) in [5.74, 6) is 1.60. The van der Waals surface area contributed by atoms with E-state index in [4.69, 9.17) is 9.47 Å². The number of halogens is 1.